The van der Waals surface area contributed by atoms with Crippen LogP contribution in [0.3, 0.4) is 0 Å². The first-order chi connectivity index (χ1) is 11.3. The second-order valence-corrected chi connectivity index (χ2v) is 6.68. The summed E-state index contributed by atoms with van der Waals surface area (Å²) >= 11 is 5.91. The van der Waals surface area contributed by atoms with Gasteiger partial charge in [-0.2, -0.15) is 0 Å². The van der Waals surface area contributed by atoms with E-state index in [0.29, 0.717) is 28.5 Å². The van der Waals surface area contributed by atoms with Crippen molar-refractivity contribution in [2.75, 3.05) is 10.6 Å². The highest BCUT2D eigenvalue weighted by Crippen LogP contribution is 2.29. The number of aromatic hydroxyl groups is 1. The standard InChI is InChI=1S/C18H21ClN2O3/c1-18(2,3)24-17(23)21-15-10-5-4-9-14(15)20-11-12-7-6-8-13(19)16(12)22/h4-10,20,22H,11H2,1-3H3,(H,21,23). The molecule has 0 heterocycles. The van der Waals surface area contributed by atoms with Gasteiger partial charge in [-0.1, -0.05) is 35.9 Å². The van der Waals surface area contributed by atoms with Crippen LogP contribution in [-0.2, 0) is 11.3 Å². The molecule has 3 N–H and O–H groups in total. The van der Waals surface area contributed by atoms with E-state index < -0.39 is 11.7 Å². The van der Waals surface area contributed by atoms with Gasteiger partial charge in [-0.3, -0.25) is 5.32 Å². The maximum absolute atomic E-state index is 11.9. The highest BCUT2D eigenvalue weighted by molar-refractivity contribution is 6.32. The van der Waals surface area contributed by atoms with Crippen LogP contribution >= 0.6 is 11.6 Å². The minimum absolute atomic E-state index is 0.0456. The number of anilines is 2. The maximum Gasteiger partial charge on any atom is 0.412 e. The molecule has 0 aromatic heterocycles. The lowest BCUT2D eigenvalue weighted by Crippen LogP contribution is -2.27. The van der Waals surface area contributed by atoms with Crippen molar-refractivity contribution < 1.29 is 14.6 Å². The first kappa shape index (κ1) is 17.9. The number of ether oxygens (including phenoxy) is 1. The van der Waals surface area contributed by atoms with Crippen molar-refractivity contribution in [1.82, 2.24) is 0 Å². The molecule has 0 aliphatic carbocycles. The Bertz CT molecular complexity index is 726. The minimum Gasteiger partial charge on any atom is -0.506 e. The monoisotopic (exact) mass is 348 g/mol. The first-order valence-electron chi connectivity index (χ1n) is 7.55. The Balaban J connectivity index is 2.09. The summed E-state index contributed by atoms with van der Waals surface area (Å²) in [6.07, 6.45) is -0.526. The molecule has 0 atom stereocenters. The van der Waals surface area contributed by atoms with Crippen LogP contribution < -0.4 is 10.6 Å². The Morgan fingerprint density at radius 1 is 1.12 bits per heavy atom. The molecule has 0 fully saturated rings. The van der Waals surface area contributed by atoms with Crippen molar-refractivity contribution in [1.29, 1.82) is 0 Å². The van der Waals surface area contributed by atoms with E-state index in [1.54, 1.807) is 45.0 Å². The van der Waals surface area contributed by atoms with E-state index in [2.05, 4.69) is 10.6 Å². The number of phenols is 1. The van der Waals surface area contributed by atoms with Crippen LogP contribution in [0.1, 0.15) is 26.3 Å². The zero-order valence-corrected chi connectivity index (χ0v) is 14.6. The topological polar surface area (TPSA) is 70.6 Å². The number of halogens is 1. The Morgan fingerprint density at radius 3 is 2.46 bits per heavy atom. The summed E-state index contributed by atoms with van der Waals surface area (Å²) in [6, 6.07) is 12.4. The number of amides is 1. The third kappa shape index (κ3) is 5.06. The molecule has 5 nitrogen and oxygen atoms in total. The van der Waals surface area contributed by atoms with Crippen molar-refractivity contribution in [3.8, 4) is 5.75 Å². The van der Waals surface area contributed by atoms with Gasteiger partial charge >= 0.3 is 6.09 Å². The Hall–Kier alpha value is -2.40. The van der Waals surface area contributed by atoms with Gasteiger partial charge in [0.05, 0.1) is 16.4 Å². The highest BCUT2D eigenvalue weighted by Gasteiger charge is 2.17. The predicted molar refractivity (Wildman–Crippen MR) is 96.7 cm³/mol. The van der Waals surface area contributed by atoms with Gasteiger partial charge in [-0.15, -0.1) is 0 Å². The molecule has 2 aromatic carbocycles. The second kappa shape index (κ2) is 7.45. The fraction of sp³-hybridized carbons (Fsp3) is 0.278. The quantitative estimate of drug-likeness (QED) is 0.726. The largest absolute Gasteiger partial charge is 0.506 e. The summed E-state index contributed by atoms with van der Waals surface area (Å²) in [5, 5.41) is 16.2. The summed E-state index contributed by atoms with van der Waals surface area (Å²) in [5.41, 5.74) is 1.39. The van der Waals surface area contributed by atoms with Crippen molar-refractivity contribution >= 4 is 29.1 Å². The van der Waals surface area contributed by atoms with E-state index in [-0.39, 0.29) is 5.75 Å². The van der Waals surface area contributed by atoms with Crippen molar-refractivity contribution in [3.05, 3.63) is 53.1 Å². The van der Waals surface area contributed by atoms with E-state index in [1.807, 2.05) is 18.2 Å². The molecular weight excluding hydrogens is 328 g/mol. The number of hydrogen-bond acceptors (Lipinski definition) is 4. The Labute approximate surface area is 146 Å². The molecule has 0 saturated heterocycles. The average molecular weight is 349 g/mol. The number of nitrogens with one attached hydrogen (secondary N) is 2. The molecular formula is C18H21ClN2O3. The summed E-state index contributed by atoms with van der Waals surface area (Å²) in [5.74, 6) is 0.0456. The predicted octanol–water partition coefficient (Wildman–Crippen LogP) is 5.00. The number of phenolic OH excluding ortho intramolecular Hbond substituents is 1. The molecule has 0 aliphatic rings. The number of benzene rings is 2. The highest BCUT2D eigenvalue weighted by atomic mass is 35.5. The van der Waals surface area contributed by atoms with Crippen LogP contribution in [0.5, 0.6) is 5.75 Å². The Kier molecular flexibility index (Phi) is 5.57. The molecule has 0 bridgehead atoms. The lowest BCUT2D eigenvalue weighted by atomic mass is 10.2. The van der Waals surface area contributed by atoms with Gasteiger partial charge in [0.1, 0.15) is 11.4 Å². The van der Waals surface area contributed by atoms with Crippen LogP contribution in [0.15, 0.2) is 42.5 Å². The summed E-state index contributed by atoms with van der Waals surface area (Å²) < 4.78 is 5.26. The molecule has 0 unspecified atom stereocenters. The number of para-hydroxylation sites is 3. The van der Waals surface area contributed by atoms with Gasteiger partial charge in [0, 0.05) is 12.1 Å². The smallest absolute Gasteiger partial charge is 0.412 e. The molecule has 128 valence electrons. The maximum atomic E-state index is 11.9. The summed E-state index contributed by atoms with van der Waals surface area (Å²) in [4.78, 5) is 11.9. The lowest BCUT2D eigenvalue weighted by Gasteiger charge is -2.20. The lowest BCUT2D eigenvalue weighted by molar-refractivity contribution is 0.0636. The van der Waals surface area contributed by atoms with Gasteiger partial charge in [-0.25, -0.2) is 4.79 Å². The molecule has 2 aromatic rings. The molecule has 6 heteroatoms. The van der Waals surface area contributed by atoms with E-state index in [1.165, 1.54) is 0 Å². The SMILES string of the molecule is CC(C)(C)OC(=O)Nc1ccccc1NCc1cccc(Cl)c1O. The van der Waals surface area contributed by atoms with E-state index in [0.717, 1.165) is 0 Å². The van der Waals surface area contributed by atoms with Crippen LogP contribution in [0.4, 0.5) is 16.2 Å². The van der Waals surface area contributed by atoms with Crippen molar-refractivity contribution in [2.24, 2.45) is 0 Å². The fourth-order valence-electron chi connectivity index (χ4n) is 2.05. The third-order valence-electron chi connectivity index (χ3n) is 3.10. The summed E-state index contributed by atoms with van der Waals surface area (Å²) in [6.45, 7) is 5.77. The van der Waals surface area contributed by atoms with Gasteiger partial charge in [-0.05, 0) is 39.0 Å². The zero-order valence-electron chi connectivity index (χ0n) is 13.9. The number of hydrogen-bond donors (Lipinski definition) is 3. The van der Waals surface area contributed by atoms with Gasteiger partial charge in [0.25, 0.3) is 0 Å². The molecule has 1 amide bonds. The molecule has 2 rings (SSSR count). The first-order valence-corrected chi connectivity index (χ1v) is 7.93. The minimum atomic E-state index is -0.570. The Morgan fingerprint density at radius 2 is 1.79 bits per heavy atom. The second-order valence-electron chi connectivity index (χ2n) is 6.27. The number of carbonyl (C=O) groups excluding carboxylic acids is 1. The summed E-state index contributed by atoms with van der Waals surface area (Å²) in [7, 11) is 0. The number of carbonyl (C=O) groups is 1. The third-order valence-corrected chi connectivity index (χ3v) is 3.41. The van der Waals surface area contributed by atoms with E-state index >= 15 is 0 Å². The van der Waals surface area contributed by atoms with Crippen LogP contribution in [0.25, 0.3) is 0 Å². The van der Waals surface area contributed by atoms with E-state index in [4.69, 9.17) is 16.3 Å². The fourth-order valence-corrected chi connectivity index (χ4v) is 2.25. The van der Waals surface area contributed by atoms with Crippen LogP contribution in [0.2, 0.25) is 5.02 Å². The van der Waals surface area contributed by atoms with Gasteiger partial charge in [0.15, 0.2) is 0 Å². The molecule has 24 heavy (non-hydrogen) atoms. The molecule has 0 aliphatic heterocycles. The van der Waals surface area contributed by atoms with E-state index in [9.17, 15) is 9.90 Å². The van der Waals surface area contributed by atoms with Crippen LogP contribution in [0, 0.1) is 0 Å². The van der Waals surface area contributed by atoms with Crippen LogP contribution in [-0.4, -0.2) is 16.8 Å². The average Bonchev–Trinajstić information content (AvgIpc) is 2.48. The molecule has 0 saturated carbocycles. The molecule has 0 radical (unpaired) electrons. The normalized spacial score (nSPS) is 11.0. The van der Waals surface area contributed by atoms with Gasteiger partial charge < -0.3 is 15.2 Å². The van der Waals surface area contributed by atoms with Gasteiger partial charge in [0.2, 0.25) is 0 Å². The molecule has 0 spiro atoms. The number of rotatable bonds is 4. The van der Waals surface area contributed by atoms with Crippen molar-refractivity contribution in [2.45, 2.75) is 32.9 Å². The zero-order chi connectivity index (χ0) is 17.7. The van der Waals surface area contributed by atoms with Crippen molar-refractivity contribution in [3.63, 3.8) is 0 Å².